The lowest BCUT2D eigenvalue weighted by Crippen LogP contribution is -2.57. The van der Waals surface area contributed by atoms with Gasteiger partial charge in [0.1, 0.15) is 6.04 Å². The minimum absolute atomic E-state index is 0.0174. The third-order valence-electron chi connectivity index (χ3n) is 7.22. The molecule has 1 N–H and O–H groups in total. The molecule has 7 nitrogen and oxygen atoms in total. The van der Waals surface area contributed by atoms with Gasteiger partial charge in [0.2, 0.25) is 11.8 Å². The number of hydrogen-bond acceptors (Lipinski definition) is 6. The van der Waals surface area contributed by atoms with Gasteiger partial charge in [0.15, 0.2) is 0 Å². The Morgan fingerprint density at radius 1 is 1.36 bits per heavy atom. The maximum absolute atomic E-state index is 13.9. The van der Waals surface area contributed by atoms with Crippen molar-refractivity contribution in [3.63, 3.8) is 0 Å². The molecule has 1 spiro atoms. The Hall–Kier alpha value is -1.80. The summed E-state index contributed by atoms with van der Waals surface area (Å²) in [6.45, 7) is 12.4. The molecule has 2 bridgehead atoms. The number of aliphatic hydroxyl groups is 1. The maximum Gasteiger partial charge on any atom is 0.310 e. The molecule has 0 aromatic rings. The number of ether oxygens (including phenoxy) is 1. The Bertz CT molecular complexity index is 774. The first kappa shape index (κ1) is 25.8. The van der Waals surface area contributed by atoms with Gasteiger partial charge in [0, 0.05) is 18.3 Å². The quantitative estimate of drug-likeness (QED) is 0.249. The molecule has 0 aromatic carbocycles. The topological polar surface area (TPSA) is 87.1 Å². The monoisotopic (exact) mass is 478 g/mol. The number of amides is 2. The third kappa shape index (κ3) is 4.61. The van der Waals surface area contributed by atoms with Crippen LogP contribution in [0.1, 0.15) is 52.4 Å². The number of rotatable bonds is 13. The zero-order chi connectivity index (χ0) is 24.2. The number of esters is 1. The molecular weight excluding hydrogens is 440 g/mol. The van der Waals surface area contributed by atoms with E-state index in [1.54, 1.807) is 40.6 Å². The van der Waals surface area contributed by atoms with Gasteiger partial charge in [-0.2, -0.15) is 0 Å². The summed E-state index contributed by atoms with van der Waals surface area (Å²) in [4.78, 5) is 44.1. The van der Waals surface area contributed by atoms with Gasteiger partial charge in [0.05, 0.1) is 35.8 Å². The number of aliphatic hydroxyl groups excluding tert-OH is 1. The zero-order valence-electron chi connectivity index (χ0n) is 19.9. The fraction of sp³-hybridized carbons (Fsp3) is 0.720. The van der Waals surface area contributed by atoms with Gasteiger partial charge in [-0.25, -0.2) is 0 Å². The Labute approximate surface area is 201 Å². The van der Waals surface area contributed by atoms with Crippen molar-refractivity contribution in [1.29, 1.82) is 0 Å². The smallest absolute Gasteiger partial charge is 0.310 e. The van der Waals surface area contributed by atoms with Crippen LogP contribution in [0.15, 0.2) is 25.3 Å². The second-order valence-electron chi connectivity index (χ2n) is 9.36. The van der Waals surface area contributed by atoms with Crippen LogP contribution in [-0.4, -0.2) is 81.1 Å². The van der Waals surface area contributed by atoms with Gasteiger partial charge in [-0.3, -0.25) is 14.4 Å². The third-order valence-corrected chi connectivity index (χ3v) is 9.17. The SMILES string of the molecule is C=CCCCOC(=O)[C@@H]1[C@H]2C(=O)N([C@H](C)CO)C(C(=O)N(CC=C)CCCC)C23CC[C@H]1S3. The fourth-order valence-electron chi connectivity index (χ4n) is 5.67. The van der Waals surface area contributed by atoms with Crippen molar-refractivity contribution < 1.29 is 24.2 Å². The van der Waals surface area contributed by atoms with Crippen molar-refractivity contribution in [3.8, 4) is 0 Å². The van der Waals surface area contributed by atoms with Crippen molar-refractivity contribution in [1.82, 2.24) is 9.80 Å². The molecule has 8 heteroatoms. The Morgan fingerprint density at radius 3 is 2.76 bits per heavy atom. The lowest BCUT2D eigenvalue weighted by Gasteiger charge is -2.38. The van der Waals surface area contributed by atoms with Crippen LogP contribution in [0.2, 0.25) is 0 Å². The van der Waals surface area contributed by atoms with E-state index in [0.29, 0.717) is 32.5 Å². The molecule has 33 heavy (non-hydrogen) atoms. The van der Waals surface area contributed by atoms with Gasteiger partial charge >= 0.3 is 5.97 Å². The van der Waals surface area contributed by atoms with Gasteiger partial charge in [-0.15, -0.1) is 24.9 Å². The molecule has 3 saturated heterocycles. The van der Waals surface area contributed by atoms with Crippen molar-refractivity contribution in [2.24, 2.45) is 11.8 Å². The molecule has 0 radical (unpaired) electrons. The van der Waals surface area contributed by atoms with Crippen LogP contribution in [-0.2, 0) is 19.1 Å². The van der Waals surface area contributed by atoms with E-state index in [9.17, 15) is 19.5 Å². The van der Waals surface area contributed by atoms with Crippen LogP contribution in [0.4, 0.5) is 0 Å². The van der Waals surface area contributed by atoms with Crippen molar-refractivity contribution in [2.75, 3.05) is 26.3 Å². The second-order valence-corrected chi connectivity index (χ2v) is 11.0. The fourth-order valence-corrected chi connectivity index (χ4v) is 7.85. The molecule has 0 aromatic heterocycles. The first-order chi connectivity index (χ1) is 15.9. The largest absolute Gasteiger partial charge is 0.465 e. The highest BCUT2D eigenvalue weighted by Gasteiger charge is 2.74. The summed E-state index contributed by atoms with van der Waals surface area (Å²) in [5.41, 5.74) is 0. The highest BCUT2D eigenvalue weighted by molar-refractivity contribution is 8.02. The summed E-state index contributed by atoms with van der Waals surface area (Å²) in [6, 6.07) is -1.20. The normalized spacial score (nSPS) is 30.8. The molecule has 2 amide bonds. The summed E-state index contributed by atoms with van der Waals surface area (Å²) >= 11 is 1.63. The number of allylic oxidation sites excluding steroid dienone is 1. The van der Waals surface area contributed by atoms with Crippen LogP contribution in [0.3, 0.4) is 0 Å². The molecule has 3 heterocycles. The molecule has 3 aliphatic heterocycles. The molecule has 2 unspecified atom stereocenters. The molecule has 3 aliphatic rings. The standard InChI is InChI=1S/C25H38N2O5S/c1-5-8-10-15-32-24(31)19-18-11-12-25(33-18)20(19)22(29)27(17(4)16-28)21(25)23(30)26(13-7-3)14-9-6-2/h5,7,17-21,28H,1,3,6,8-16H2,2,4H3/t17-,18-,19+,20+,21?,25?/m1/s1. The second kappa shape index (κ2) is 11.1. The van der Waals surface area contributed by atoms with Crippen LogP contribution >= 0.6 is 11.8 Å². The van der Waals surface area contributed by atoms with E-state index in [2.05, 4.69) is 20.1 Å². The number of carbonyl (C=O) groups is 3. The number of likely N-dealkylation sites (tertiary alicyclic amines) is 1. The molecule has 0 saturated carbocycles. The lowest BCUT2D eigenvalue weighted by atomic mass is 9.71. The van der Waals surface area contributed by atoms with E-state index < -0.39 is 28.7 Å². The van der Waals surface area contributed by atoms with Crippen molar-refractivity contribution in [3.05, 3.63) is 25.3 Å². The van der Waals surface area contributed by atoms with Gasteiger partial charge in [0.25, 0.3) is 0 Å². The van der Waals surface area contributed by atoms with Crippen LogP contribution in [0.5, 0.6) is 0 Å². The number of unbranched alkanes of at least 4 members (excludes halogenated alkanes) is 2. The van der Waals surface area contributed by atoms with E-state index >= 15 is 0 Å². The van der Waals surface area contributed by atoms with E-state index in [1.165, 1.54) is 0 Å². The van der Waals surface area contributed by atoms with Gasteiger partial charge in [-0.05, 0) is 39.0 Å². The Morgan fingerprint density at radius 2 is 2.12 bits per heavy atom. The predicted molar refractivity (Wildman–Crippen MR) is 130 cm³/mol. The molecule has 3 fully saturated rings. The Balaban J connectivity index is 1.93. The zero-order valence-corrected chi connectivity index (χ0v) is 20.7. The van der Waals surface area contributed by atoms with Crippen molar-refractivity contribution >= 4 is 29.5 Å². The van der Waals surface area contributed by atoms with Crippen LogP contribution < -0.4 is 0 Å². The summed E-state index contributed by atoms with van der Waals surface area (Å²) in [5.74, 6) is -1.78. The average Bonchev–Trinajstić information content (AvgIpc) is 3.45. The molecule has 0 aliphatic carbocycles. The summed E-state index contributed by atoms with van der Waals surface area (Å²) < 4.78 is 4.91. The first-order valence-corrected chi connectivity index (χ1v) is 13.0. The van der Waals surface area contributed by atoms with Gasteiger partial charge < -0.3 is 19.6 Å². The highest BCUT2D eigenvalue weighted by Crippen LogP contribution is 2.66. The number of nitrogens with zero attached hydrogens (tertiary/aromatic N) is 2. The summed E-state index contributed by atoms with van der Waals surface area (Å²) in [7, 11) is 0. The Kier molecular flexibility index (Phi) is 8.67. The van der Waals surface area contributed by atoms with E-state index in [1.807, 2.05) is 0 Å². The van der Waals surface area contributed by atoms with Crippen LogP contribution in [0.25, 0.3) is 0 Å². The summed E-state index contributed by atoms with van der Waals surface area (Å²) in [5, 5.41) is 9.91. The number of hydrogen-bond donors (Lipinski definition) is 1. The lowest BCUT2D eigenvalue weighted by molar-refractivity contribution is -0.154. The molecule has 6 atom stereocenters. The van der Waals surface area contributed by atoms with Crippen molar-refractivity contribution in [2.45, 2.75) is 74.5 Å². The van der Waals surface area contributed by atoms with Gasteiger partial charge in [-0.1, -0.05) is 25.5 Å². The van der Waals surface area contributed by atoms with E-state index in [0.717, 1.165) is 25.7 Å². The minimum atomic E-state index is -0.692. The number of carbonyl (C=O) groups excluding carboxylic acids is 3. The predicted octanol–water partition coefficient (Wildman–Crippen LogP) is 2.78. The highest BCUT2D eigenvalue weighted by atomic mass is 32.2. The molecule has 184 valence electrons. The maximum atomic E-state index is 13.9. The van der Waals surface area contributed by atoms with Crippen LogP contribution in [0, 0.1) is 11.8 Å². The first-order valence-electron chi connectivity index (χ1n) is 12.2. The summed E-state index contributed by atoms with van der Waals surface area (Å²) in [6.07, 6.45) is 8.26. The molecule has 3 rings (SSSR count). The number of fused-ring (bicyclic) bond motifs is 1. The minimum Gasteiger partial charge on any atom is -0.465 e. The molecular formula is C25H38N2O5S. The average molecular weight is 479 g/mol. The van der Waals surface area contributed by atoms with E-state index in [-0.39, 0.29) is 29.6 Å². The number of thioether (sulfide) groups is 1. The van der Waals surface area contributed by atoms with E-state index in [4.69, 9.17) is 4.74 Å².